The number of piperidine rings is 1. The van der Waals surface area contributed by atoms with Crippen molar-refractivity contribution < 1.29 is 9.53 Å². The Labute approximate surface area is 187 Å². The van der Waals surface area contributed by atoms with Gasteiger partial charge in [0, 0.05) is 37.0 Å². The van der Waals surface area contributed by atoms with Gasteiger partial charge in [0.1, 0.15) is 17.5 Å². The average molecular weight is 427 g/mol. The van der Waals surface area contributed by atoms with Crippen molar-refractivity contribution in [3.8, 4) is 17.5 Å². The van der Waals surface area contributed by atoms with Crippen LogP contribution in [0.5, 0.6) is 5.75 Å². The number of para-hydroxylation sites is 2. The number of amides is 1. The fraction of sp³-hybridized carbons (Fsp3) is 0.308. The normalized spacial score (nSPS) is 16.6. The summed E-state index contributed by atoms with van der Waals surface area (Å²) in [4.78, 5) is 15.0. The van der Waals surface area contributed by atoms with Crippen LogP contribution in [-0.2, 0) is 11.1 Å². The molecule has 0 saturated carbocycles. The third-order valence-corrected chi connectivity index (χ3v) is 6.61. The molecule has 0 atom stereocenters. The maximum Gasteiger partial charge on any atom is 0.253 e. The Balaban J connectivity index is 1.39. The molecule has 1 saturated heterocycles. The molecule has 0 bridgehead atoms. The van der Waals surface area contributed by atoms with Gasteiger partial charge in [-0.2, -0.15) is 5.26 Å². The number of carbonyl (C=O) groups is 1. The first-order valence-electron chi connectivity index (χ1n) is 10.9. The van der Waals surface area contributed by atoms with Crippen LogP contribution in [0.25, 0.3) is 5.69 Å². The fourth-order valence-corrected chi connectivity index (χ4v) is 4.78. The van der Waals surface area contributed by atoms with Gasteiger partial charge >= 0.3 is 0 Å². The van der Waals surface area contributed by atoms with E-state index in [1.165, 1.54) is 0 Å². The van der Waals surface area contributed by atoms with Gasteiger partial charge < -0.3 is 15.4 Å². The molecule has 1 spiro atoms. The zero-order valence-electron chi connectivity index (χ0n) is 18.3. The lowest BCUT2D eigenvalue weighted by Crippen LogP contribution is -2.50. The first-order valence-corrected chi connectivity index (χ1v) is 10.9. The molecule has 2 aromatic carbocycles. The number of hydrogen-bond donors (Lipinski definition) is 1. The van der Waals surface area contributed by atoms with E-state index < -0.39 is 11.1 Å². The van der Waals surface area contributed by atoms with Crippen molar-refractivity contribution in [3.63, 3.8) is 0 Å². The average Bonchev–Trinajstić information content (AvgIpc) is 3.24. The predicted octanol–water partition coefficient (Wildman–Crippen LogP) is 4.07. The highest BCUT2D eigenvalue weighted by molar-refractivity contribution is 5.94. The van der Waals surface area contributed by atoms with Crippen LogP contribution in [0.15, 0.2) is 60.7 Å². The van der Waals surface area contributed by atoms with Gasteiger partial charge in [-0.25, -0.2) is 0 Å². The lowest BCUT2D eigenvalue weighted by atomic mass is 9.86. The van der Waals surface area contributed by atoms with E-state index in [0.717, 1.165) is 22.7 Å². The molecule has 3 aromatic rings. The van der Waals surface area contributed by atoms with Crippen molar-refractivity contribution in [3.05, 3.63) is 83.2 Å². The fourth-order valence-electron chi connectivity index (χ4n) is 4.78. The summed E-state index contributed by atoms with van der Waals surface area (Å²) in [7, 11) is 0. The second kappa shape index (κ2) is 7.25. The quantitative estimate of drug-likeness (QED) is 0.670. The molecular weight excluding hydrogens is 400 g/mol. The zero-order valence-corrected chi connectivity index (χ0v) is 18.3. The molecule has 2 aliphatic heterocycles. The van der Waals surface area contributed by atoms with Gasteiger partial charge in [-0.1, -0.05) is 24.3 Å². The smallest absolute Gasteiger partial charge is 0.253 e. The number of benzene rings is 2. The van der Waals surface area contributed by atoms with E-state index >= 15 is 0 Å². The van der Waals surface area contributed by atoms with Crippen LogP contribution in [0.4, 0.5) is 0 Å². The molecular formula is C26H26N4O2. The molecule has 32 heavy (non-hydrogen) atoms. The highest BCUT2D eigenvalue weighted by atomic mass is 16.5. The molecule has 1 amide bonds. The zero-order chi connectivity index (χ0) is 22.5. The SMILES string of the molecule is CC(C)(N)c1ccc(C(=O)N2CCC3(CC2)Oc2ccccc2-n2c(C#N)ccc23)cc1. The van der Waals surface area contributed by atoms with E-state index in [1.807, 2.05) is 84.0 Å². The van der Waals surface area contributed by atoms with E-state index in [1.54, 1.807) is 0 Å². The Morgan fingerprint density at radius 3 is 2.41 bits per heavy atom. The van der Waals surface area contributed by atoms with Crippen LogP contribution in [0, 0.1) is 11.3 Å². The highest BCUT2D eigenvalue weighted by Gasteiger charge is 2.45. The first-order chi connectivity index (χ1) is 15.3. The maximum atomic E-state index is 13.1. The van der Waals surface area contributed by atoms with E-state index in [-0.39, 0.29) is 5.91 Å². The number of ether oxygens (including phenoxy) is 1. The molecule has 2 N–H and O–H groups in total. The minimum absolute atomic E-state index is 0.0190. The van der Waals surface area contributed by atoms with Gasteiger partial charge in [0.05, 0.1) is 11.4 Å². The van der Waals surface area contributed by atoms with Crippen molar-refractivity contribution in [1.29, 1.82) is 5.26 Å². The Bertz CT molecular complexity index is 1220. The van der Waals surface area contributed by atoms with Crippen LogP contribution in [0.2, 0.25) is 0 Å². The van der Waals surface area contributed by atoms with E-state index in [4.69, 9.17) is 10.5 Å². The van der Waals surface area contributed by atoms with E-state index in [2.05, 4.69) is 6.07 Å². The summed E-state index contributed by atoms with van der Waals surface area (Å²) in [5.41, 5.74) is 9.29. The third-order valence-electron chi connectivity index (χ3n) is 6.61. The van der Waals surface area contributed by atoms with Gasteiger partial charge in [-0.05, 0) is 55.8 Å². The molecule has 6 nitrogen and oxygen atoms in total. The van der Waals surface area contributed by atoms with Crippen molar-refractivity contribution in [2.45, 2.75) is 37.8 Å². The van der Waals surface area contributed by atoms with Gasteiger partial charge in [0.15, 0.2) is 5.60 Å². The summed E-state index contributed by atoms with van der Waals surface area (Å²) in [6, 6.07) is 21.5. The Kier molecular flexibility index (Phi) is 4.61. The van der Waals surface area contributed by atoms with Gasteiger partial charge in [0.2, 0.25) is 0 Å². The van der Waals surface area contributed by atoms with E-state index in [9.17, 15) is 10.1 Å². The lowest BCUT2D eigenvalue weighted by molar-refractivity contribution is -0.00937. The predicted molar refractivity (Wildman–Crippen MR) is 122 cm³/mol. The number of rotatable bonds is 2. The van der Waals surface area contributed by atoms with Crippen LogP contribution in [0.1, 0.15) is 54.0 Å². The Hall–Kier alpha value is -3.56. The molecule has 6 heteroatoms. The number of carbonyl (C=O) groups excluding carboxylic acids is 1. The summed E-state index contributed by atoms with van der Waals surface area (Å²) < 4.78 is 8.55. The topological polar surface area (TPSA) is 84.3 Å². The molecule has 0 unspecified atom stereocenters. The lowest BCUT2D eigenvalue weighted by Gasteiger charge is -2.45. The van der Waals surface area contributed by atoms with Crippen LogP contribution in [0.3, 0.4) is 0 Å². The number of fused-ring (bicyclic) bond motifs is 4. The third kappa shape index (κ3) is 3.17. The molecule has 5 rings (SSSR count). The van der Waals surface area contributed by atoms with Crippen molar-refractivity contribution >= 4 is 5.91 Å². The van der Waals surface area contributed by atoms with Crippen molar-refractivity contribution in [2.24, 2.45) is 5.73 Å². The molecule has 162 valence electrons. The summed E-state index contributed by atoms with van der Waals surface area (Å²) in [5.74, 6) is 0.790. The monoisotopic (exact) mass is 426 g/mol. The number of hydrogen-bond acceptors (Lipinski definition) is 4. The maximum absolute atomic E-state index is 13.1. The van der Waals surface area contributed by atoms with Gasteiger partial charge in [-0.15, -0.1) is 0 Å². The van der Waals surface area contributed by atoms with Crippen LogP contribution >= 0.6 is 0 Å². The molecule has 3 heterocycles. The first kappa shape index (κ1) is 20.3. The number of nitriles is 1. The molecule has 1 fully saturated rings. The molecule has 1 aromatic heterocycles. The Morgan fingerprint density at radius 2 is 1.75 bits per heavy atom. The Morgan fingerprint density at radius 1 is 1.06 bits per heavy atom. The highest BCUT2D eigenvalue weighted by Crippen LogP contribution is 2.45. The largest absolute Gasteiger partial charge is 0.479 e. The van der Waals surface area contributed by atoms with Crippen molar-refractivity contribution in [2.75, 3.05) is 13.1 Å². The summed E-state index contributed by atoms with van der Waals surface area (Å²) in [6.07, 6.45) is 1.33. The van der Waals surface area contributed by atoms with E-state index in [0.29, 0.717) is 37.2 Å². The van der Waals surface area contributed by atoms with Gasteiger partial charge in [0.25, 0.3) is 5.91 Å². The number of nitrogens with two attached hydrogens (primary N) is 1. The standard InChI is InChI=1S/C26H26N4O2/c1-25(2,28)19-9-7-18(8-10-19)24(31)29-15-13-26(14-16-29)23-12-11-20(17-27)30(23)21-5-3-4-6-22(21)32-26/h3-12H,13-16,28H2,1-2H3. The molecule has 2 aliphatic rings. The van der Waals surface area contributed by atoms with Crippen LogP contribution in [-0.4, -0.2) is 28.5 Å². The molecule has 0 aliphatic carbocycles. The van der Waals surface area contributed by atoms with Gasteiger partial charge in [-0.3, -0.25) is 9.36 Å². The summed E-state index contributed by atoms with van der Waals surface area (Å²) >= 11 is 0. The second-order valence-electron chi connectivity index (χ2n) is 9.21. The summed E-state index contributed by atoms with van der Waals surface area (Å²) in [6.45, 7) is 5.06. The second-order valence-corrected chi connectivity index (χ2v) is 9.21. The minimum atomic E-state index is -0.548. The molecule has 0 radical (unpaired) electrons. The van der Waals surface area contributed by atoms with Crippen molar-refractivity contribution in [1.82, 2.24) is 9.47 Å². The number of aromatic nitrogens is 1. The number of likely N-dealkylation sites (tertiary alicyclic amines) is 1. The number of nitrogens with zero attached hydrogens (tertiary/aromatic N) is 3. The van der Waals surface area contributed by atoms with Crippen LogP contribution < -0.4 is 10.5 Å². The minimum Gasteiger partial charge on any atom is -0.479 e. The summed E-state index contributed by atoms with van der Waals surface area (Å²) in [5, 5.41) is 9.63.